The topological polar surface area (TPSA) is 108 Å². The third kappa shape index (κ3) is 3.41. The van der Waals surface area contributed by atoms with E-state index in [1.807, 2.05) is 37.2 Å². The van der Waals surface area contributed by atoms with Crippen molar-refractivity contribution >= 4 is 29.2 Å². The van der Waals surface area contributed by atoms with Crippen molar-refractivity contribution in [2.24, 2.45) is 0 Å². The number of carbonyl (C=O) groups excluding carboxylic acids is 1. The van der Waals surface area contributed by atoms with Crippen molar-refractivity contribution < 1.29 is 14.3 Å². The summed E-state index contributed by atoms with van der Waals surface area (Å²) in [6.07, 6.45) is 0. The van der Waals surface area contributed by atoms with Gasteiger partial charge in [0.1, 0.15) is 13.2 Å². The zero-order valence-electron chi connectivity index (χ0n) is 15.5. The number of fused-ring (bicyclic) bond motifs is 1. The maximum Gasteiger partial charge on any atom is 0.281 e. The Bertz CT molecular complexity index is 1010. The Morgan fingerprint density at radius 3 is 2.54 bits per heavy atom. The SMILES string of the molecule is CN(C)c1ccc(C(=O)n2nc(Nc3ccc4c(c3)OCCO4)nc2N)cc1. The lowest BCUT2D eigenvalue weighted by molar-refractivity contribution is 0.0948. The van der Waals surface area contributed by atoms with E-state index in [0.29, 0.717) is 36.0 Å². The Hall–Kier alpha value is -3.75. The standard InChI is InChI=1S/C19H20N6O3/c1-24(2)14-6-3-12(4-7-14)17(26)25-18(20)22-19(23-25)21-13-5-8-15-16(11-13)28-10-9-27-15/h3-8,11H,9-10H2,1-2H3,(H3,20,21,22,23). The van der Waals surface area contributed by atoms with Crippen LogP contribution in [0.3, 0.4) is 0 Å². The van der Waals surface area contributed by atoms with Gasteiger partial charge in [0.2, 0.25) is 11.9 Å². The molecule has 28 heavy (non-hydrogen) atoms. The largest absolute Gasteiger partial charge is 0.486 e. The molecule has 4 rings (SSSR count). The van der Waals surface area contributed by atoms with Crippen LogP contribution in [0, 0.1) is 0 Å². The summed E-state index contributed by atoms with van der Waals surface area (Å²) < 4.78 is 12.1. The number of hydrogen-bond donors (Lipinski definition) is 2. The summed E-state index contributed by atoms with van der Waals surface area (Å²) in [4.78, 5) is 18.8. The highest BCUT2D eigenvalue weighted by Crippen LogP contribution is 2.33. The molecule has 0 saturated carbocycles. The number of ether oxygens (including phenoxy) is 2. The summed E-state index contributed by atoms with van der Waals surface area (Å²) in [6, 6.07) is 12.6. The Kier molecular flexibility index (Phi) is 4.48. The third-order valence-corrected chi connectivity index (χ3v) is 4.25. The van der Waals surface area contributed by atoms with E-state index in [4.69, 9.17) is 15.2 Å². The van der Waals surface area contributed by atoms with Gasteiger partial charge in [-0.25, -0.2) is 0 Å². The summed E-state index contributed by atoms with van der Waals surface area (Å²) in [5, 5.41) is 7.22. The summed E-state index contributed by atoms with van der Waals surface area (Å²) in [6.45, 7) is 1.03. The number of benzene rings is 2. The van der Waals surface area contributed by atoms with Crippen LogP contribution in [0.25, 0.3) is 0 Å². The Morgan fingerprint density at radius 1 is 1.11 bits per heavy atom. The quantitative estimate of drug-likeness (QED) is 0.709. The molecule has 0 saturated heterocycles. The average molecular weight is 380 g/mol. The molecule has 0 spiro atoms. The third-order valence-electron chi connectivity index (χ3n) is 4.25. The van der Waals surface area contributed by atoms with Crippen LogP contribution in [0.4, 0.5) is 23.3 Å². The number of nitrogens with two attached hydrogens (primary N) is 1. The predicted octanol–water partition coefficient (Wildman–Crippen LogP) is 2.13. The predicted molar refractivity (Wildman–Crippen MR) is 106 cm³/mol. The van der Waals surface area contributed by atoms with E-state index in [9.17, 15) is 4.79 Å². The molecular formula is C19H20N6O3. The number of aromatic nitrogens is 3. The van der Waals surface area contributed by atoms with Crippen LogP contribution >= 0.6 is 0 Å². The van der Waals surface area contributed by atoms with Crippen molar-refractivity contribution in [3.63, 3.8) is 0 Å². The van der Waals surface area contributed by atoms with E-state index in [2.05, 4.69) is 15.4 Å². The molecule has 2 aromatic carbocycles. The van der Waals surface area contributed by atoms with Crippen molar-refractivity contribution in [2.75, 3.05) is 43.3 Å². The zero-order chi connectivity index (χ0) is 19.7. The fourth-order valence-corrected chi connectivity index (χ4v) is 2.80. The zero-order valence-corrected chi connectivity index (χ0v) is 15.5. The molecule has 0 fully saturated rings. The number of hydrogen-bond acceptors (Lipinski definition) is 8. The molecular weight excluding hydrogens is 360 g/mol. The second-order valence-corrected chi connectivity index (χ2v) is 6.44. The fraction of sp³-hybridized carbons (Fsp3) is 0.211. The first kappa shape index (κ1) is 17.7. The normalized spacial score (nSPS) is 12.5. The molecule has 0 radical (unpaired) electrons. The monoisotopic (exact) mass is 380 g/mol. The van der Waals surface area contributed by atoms with Crippen molar-refractivity contribution in [3.05, 3.63) is 48.0 Å². The van der Waals surface area contributed by atoms with E-state index in [0.717, 1.165) is 10.4 Å². The van der Waals surface area contributed by atoms with Crippen LogP contribution in [0.5, 0.6) is 11.5 Å². The van der Waals surface area contributed by atoms with E-state index in [-0.39, 0.29) is 17.8 Å². The summed E-state index contributed by atoms with van der Waals surface area (Å²) in [5.41, 5.74) is 8.05. The van der Waals surface area contributed by atoms with Crippen LogP contribution in [0.15, 0.2) is 42.5 Å². The molecule has 9 heteroatoms. The van der Waals surface area contributed by atoms with Crippen LogP contribution in [-0.2, 0) is 0 Å². The first-order valence-electron chi connectivity index (χ1n) is 8.72. The van der Waals surface area contributed by atoms with Crippen molar-refractivity contribution in [3.8, 4) is 11.5 Å². The minimum atomic E-state index is -0.356. The van der Waals surface area contributed by atoms with Crippen molar-refractivity contribution in [2.45, 2.75) is 0 Å². The number of nitrogens with zero attached hydrogens (tertiary/aromatic N) is 4. The Morgan fingerprint density at radius 2 is 1.82 bits per heavy atom. The van der Waals surface area contributed by atoms with Gasteiger partial charge in [0, 0.05) is 37.1 Å². The number of carbonyl (C=O) groups is 1. The smallest absolute Gasteiger partial charge is 0.281 e. The van der Waals surface area contributed by atoms with Gasteiger partial charge in [-0.05, 0) is 36.4 Å². The molecule has 0 bridgehead atoms. The molecule has 1 aliphatic heterocycles. The second kappa shape index (κ2) is 7.10. The maximum atomic E-state index is 12.7. The molecule has 1 aliphatic rings. The molecule has 3 aromatic rings. The van der Waals surface area contributed by atoms with Gasteiger partial charge >= 0.3 is 0 Å². The molecule has 0 atom stereocenters. The lowest BCUT2D eigenvalue weighted by Gasteiger charge is -2.18. The first-order valence-corrected chi connectivity index (χ1v) is 8.72. The van der Waals surface area contributed by atoms with Gasteiger partial charge in [-0.1, -0.05) is 0 Å². The van der Waals surface area contributed by atoms with Gasteiger partial charge in [0.15, 0.2) is 11.5 Å². The molecule has 0 aliphatic carbocycles. The van der Waals surface area contributed by atoms with Crippen LogP contribution < -0.4 is 25.4 Å². The molecule has 0 amide bonds. The highest BCUT2D eigenvalue weighted by Gasteiger charge is 2.17. The minimum absolute atomic E-state index is 0.00160. The molecule has 3 N–H and O–H groups in total. The number of nitrogens with one attached hydrogen (secondary N) is 1. The molecule has 1 aromatic heterocycles. The van der Waals surface area contributed by atoms with Gasteiger partial charge in [-0.15, -0.1) is 5.10 Å². The van der Waals surface area contributed by atoms with E-state index in [1.165, 1.54) is 0 Å². The lowest BCUT2D eigenvalue weighted by Crippen LogP contribution is -2.17. The number of rotatable bonds is 4. The molecule has 2 heterocycles. The van der Waals surface area contributed by atoms with Crippen LogP contribution in [0.1, 0.15) is 10.4 Å². The number of nitrogen functional groups attached to an aromatic ring is 1. The summed E-state index contributed by atoms with van der Waals surface area (Å²) in [7, 11) is 3.87. The fourth-order valence-electron chi connectivity index (χ4n) is 2.80. The lowest BCUT2D eigenvalue weighted by atomic mass is 10.2. The maximum absolute atomic E-state index is 12.7. The molecule has 0 unspecified atom stereocenters. The number of anilines is 4. The average Bonchev–Trinajstić information content (AvgIpc) is 3.07. The minimum Gasteiger partial charge on any atom is -0.486 e. The van der Waals surface area contributed by atoms with Crippen LogP contribution in [0.2, 0.25) is 0 Å². The van der Waals surface area contributed by atoms with E-state index < -0.39 is 0 Å². The van der Waals surface area contributed by atoms with Gasteiger partial charge in [-0.2, -0.15) is 9.67 Å². The first-order chi connectivity index (χ1) is 13.5. The summed E-state index contributed by atoms with van der Waals surface area (Å²) in [5.74, 6) is 1.19. The van der Waals surface area contributed by atoms with Gasteiger partial charge in [-0.3, -0.25) is 4.79 Å². The van der Waals surface area contributed by atoms with E-state index in [1.54, 1.807) is 24.3 Å². The molecule has 144 valence electrons. The highest BCUT2D eigenvalue weighted by molar-refractivity contribution is 5.97. The Balaban J connectivity index is 1.54. The summed E-state index contributed by atoms with van der Waals surface area (Å²) >= 11 is 0. The highest BCUT2D eigenvalue weighted by atomic mass is 16.6. The molecule has 9 nitrogen and oxygen atoms in total. The van der Waals surface area contributed by atoms with Crippen LogP contribution in [-0.4, -0.2) is 48.0 Å². The van der Waals surface area contributed by atoms with Gasteiger partial charge < -0.3 is 25.4 Å². The van der Waals surface area contributed by atoms with E-state index >= 15 is 0 Å². The van der Waals surface area contributed by atoms with Gasteiger partial charge in [0.05, 0.1) is 0 Å². The second-order valence-electron chi connectivity index (χ2n) is 6.44. The Labute approximate surface area is 161 Å². The van der Waals surface area contributed by atoms with Crippen molar-refractivity contribution in [1.82, 2.24) is 14.8 Å². The van der Waals surface area contributed by atoms with Gasteiger partial charge in [0.25, 0.3) is 5.91 Å². The van der Waals surface area contributed by atoms with Crippen molar-refractivity contribution in [1.29, 1.82) is 0 Å².